The quantitative estimate of drug-likeness (QED) is 0.158. The SMILES string of the molecule is C1CCC(P(C2CCCCC2)C2CCCCC2)CC1.OC(Cn1cnn(CC(O)(C(F)(F)F)C(F)(F)F)[c]1=[Ru]=[CH]c1ccccc1)(C(F)(F)F)C(F)(F)F. The zero-order valence-electron chi connectivity index (χ0n) is 29.4. The first-order valence-electron chi connectivity index (χ1n) is 18.0. The summed E-state index contributed by atoms with van der Waals surface area (Å²) in [4.78, 5) is 0. The number of aromatic nitrogens is 3. The van der Waals surface area contributed by atoms with Crippen molar-refractivity contribution in [2.75, 3.05) is 0 Å². The second-order valence-electron chi connectivity index (χ2n) is 14.3. The number of alkyl halides is 12. The fourth-order valence-electron chi connectivity index (χ4n) is 7.49. The van der Waals surface area contributed by atoms with E-state index in [0.717, 1.165) is 4.61 Å². The van der Waals surface area contributed by atoms with Crippen LogP contribution in [0.2, 0.25) is 0 Å². The predicted molar refractivity (Wildman–Crippen MR) is 177 cm³/mol. The first-order chi connectivity index (χ1) is 25.1. The van der Waals surface area contributed by atoms with Crippen LogP contribution in [0.5, 0.6) is 0 Å². The Morgan fingerprint density at radius 1 is 0.593 bits per heavy atom. The van der Waals surface area contributed by atoms with E-state index < -0.39 is 69.2 Å². The molecule has 3 aliphatic rings. The van der Waals surface area contributed by atoms with Gasteiger partial charge < -0.3 is 0 Å². The third-order valence-corrected chi connectivity index (χ3v) is 16.8. The van der Waals surface area contributed by atoms with Crippen molar-refractivity contribution in [1.29, 1.82) is 0 Å². The van der Waals surface area contributed by atoms with E-state index in [4.69, 9.17) is 0 Å². The second-order valence-corrected chi connectivity index (χ2v) is 19.2. The van der Waals surface area contributed by atoms with Gasteiger partial charge in [-0.05, 0) is 55.5 Å². The summed E-state index contributed by atoms with van der Waals surface area (Å²) in [6.07, 6.45) is -1.59. The first-order valence-corrected chi connectivity index (χ1v) is 21.4. The Labute approximate surface area is 313 Å². The molecule has 0 saturated heterocycles. The van der Waals surface area contributed by atoms with Crippen molar-refractivity contribution in [2.45, 2.75) is 162 Å². The molecule has 0 spiro atoms. The molecule has 1 aromatic heterocycles. The number of benzene rings is 1. The van der Waals surface area contributed by atoms with Crippen LogP contribution in [-0.4, -0.2) is 82.1 Å². The van der Waals surface area contributed by atoms with Crippen molar-refractivity contribution < 1.29 is 79.1 Å². The number of aliphatic hydroxyl groups is 2. The number of rotatable bonds is 8. The fourth-order valence-corrected chi connectivity index (χ4v) is 14.0. The molecule has 5 nitrogen and oxygen atoms in total. The first kappa shape index (κ1) is 45.1. The third kappa shape index (κ3) is 10.8. The van der Waals surface area contributed by atoms with Crippen LogP contribution in [0.4, 0.5) is 52.7 Å². The molecule has 0 unspecified atom stereocenters. The van der Waals surface area contributed by atoms with E-state index in [1.165, 1.54) is 66.6 Å². The molecule has 0 radical (unpaired) electrons. The zero-order chi connectivity index (χ0) is 40.0. The summed E-state index contributed by atoms with van der Waals surface area (Å²) in [5, 5.41) is 21.9. The van der Waals surface area contributed by atoms with E-state index in [0.29, 0.717) is 7.92 Å². The van der Waals surface area contributed by atoms with Crippen LogP contribution in [0.15, 0.2) is 36.7 Å². The van der Waals surface area contributed by atoms with Gasteiger partial charge in [0, 0.05) is 0 Å². The topological polar surface area (TPSA) is 63.2 Å². The summed E-state index contributed by atoms with van der Waals surface area (Å²) >= 11 is -1.84. The molecule has 1 heterocycles. The second kappa shape index (κ2) is 18.3. The maximum atomic E-state index is 13.1. The van der Waals surface area contributed by atoms with Gasteiger partial charge >= 0.3 is 193 Å². The zero-order valence-corrected chi connectivity index (χ0v) is 32.0. The molecular weight excluding hydrogens is 854 g/mol. The number of nitrogens with zero attached hydrogens (tertiary/aromatic N) is 3. The standard InChI is InChI=1S/C18H33P.C10H7F12N3O2.C7H6.Ru/c1-4-10-16(11-5-1)19(17-12-6-2-7-13-17)18-14-8-3-9-15-18;11-7(12,13)5(26,8(14,15)16)1-24-3-23-25(4-24)2-6(27,9(17,18)19)10(20,21)22;1-7-5-3-2-4-6-7;/h16-18H,1-15H2;3,26-27H,1-2H2;1-6H;. The van der Waals surface area contributed by atoms with Crippen LogP contribution in [0.3, 0.4) is 0 Å². The van der Waals surface area contributed by atoms with Crippen molar-refractivity contribution in [3.63, 3.8) is 0 Å². The normalized spacial score (nSPS) is 19.5. The molecular formula is C35H46F12N3O2PRu. The van der Waals surface area contributed by atoms with Crippen molar-refractivity contribution in [3.05, 3.63) is 46.2 Å². The van der Waals surface area contributed by atoms with Crippen LogP contribution in [0.25, 0.3) is 0 Å². The molecule has 0 aliphatic heterocycles. The molecule has 3 fully saturated rings. The van der Waals surface area contributed by atoms with Gasteiger partial charge in [-0.2, -0.15) is 0 Å². The molecule has 3 saturated carbocycles. The number of hydrogen-bond acceptors (Lipinski definition) is 3. The monoisotopic (exact) mass is 901 g/mol. The van der Waals surface area contributed by atoms with Crippen molar-refractivity contribution in [1.82, 2.24) is 14.3 Å². The number of hydrogen-bond donors (Lipinski definition) is 2. The molecule has 19 heteroatoms. The molecule has 310 valence electrons. The van der Waals surface area contributed by atoms with Crippen LogP contribution in [-0.2, 0) is 29.3 Å². The number of halogens is 12. The molecule has 54 heavy (non-hydrogen) atoms. The Kier molecular flexibility index (Phi) is 15.3. The van der Waals surface area contributed by atoms with E-state index in [1.807, 2.05) is 0 Å². The summed E-state index contributed by atoms with van der Waals surface area (Å²) in [5.41, 5.74) is -6.99. The minimum atomic E-state index is -6.34. The average Bonchev–Trinajstić information content (AvgIpc) is 3.47. The van der Waals surface area contributed by atoms with E-state index in [-0.39, 0.29) is 21.1 Å². The van der Waals surface area contributed by atoms with E-state index in [2.05, 4.69) is 5.10 Å². The molecule has 2 N–H and O–H groups in total. The Balaban J connectivity index is 0.000000284. The molecule has 0 bridgehead atoms. The Morgan fingerprint density at radius 3 is 1.33 bits per heavy atom. The predicted octanol–water partition coefficient (Wildman–Crippen LogP) is 10.3. The van der Waals surface area contributed by atoms with Gasteiger partial charge in [-0.25, -0.2) is 0 Å². The summed E-state index contributed by atoms with van der Waals surface area (Å²) in [7, 11) is 0.385. The van der Waals surface area contributed by atoms with Gasteiger partial charge in [0.05, 0.1) is 0 Å². The Bertz CT molecular complexity index is 1430. The van der Waals surface area contributed by atoms with Crippen LogP contribution < -0.4 is 0 Å². The van der Waals surface area contributed by atoms with Crippen LogP contribution in [0, 0.1) is 4.01 Å². The summed E-state index contributed by atoms with van der Waals surface area (Å²) in [5.74, 6) is 0. The Morgan fingerprint density at radius 2 is 0.963 bits per heavy atom. The van der Waals surface area contributed by atoms with Gasteiger partial charge in [-0.15, -0.1) is 0 Å². The van der Waals surface area contributed by atoms with Crippen LogP contribution in [0.1, 0.15) is 102 Å². The van der Waals surface area contributed by atoms with E-state index >= 15 is 0 Å². The van der Waals surface area contributed by atoms with Gasteiger partial charge in [-0.3, -0.25) is 0 Å². The molecule has 1 aromatic carbocycles. The van der Waals surface area contributed by atoms with Gasteiger partial charge in [0.1, 0.15) is 0 Å². The molecule has 0 amide bonds. The third-order valence-electron chi connectivity index (χ3n) is 10.5. The van der Waals surface area contributed by atoms with Crippen molar-refractivity contribution in [3.8, 4) is 0 Å². The molecule has 0 atom stereocenters. The fraction of sp³-hybridized carbons (Fsp3) is 0.743. The van der Waals surface area contributed by atoms with Gasteiger partial charge in [0.15, 0.2) is 0 Å². The summed E-state index contributed by atoms with van der Waals surface area (Å²) in [6, 6.07) is 7.22. The van der Waals surface area contributed by atoms with Gasteiger partial charge in [0.2, 0.25) is 0 Å². The maximum absolute atomic E-state index is 13.1. The van der Waals surface area contributed by atoms with Crippen molar-refractivity contribution >= 4 is 12.5 Å². The van der Waals surface area contributed by atoms with Gasteiger partial charge in [0.25, 0.3) is 0 Å². The Hall–Kier alpha value is -1.64. The average molecular weight is 901 g/mol. The summed E-state index contributed by atoms with van der Waals surface area (Å²) in [6.45, 7) is -4.79. The van der Waals surface area contributed by atoms with E-state index in [9.17, 15) is 62.9 Å². The van der Waals surface area contributed by atoms with Gasteiger partial charge in [-0.1, -0.05) is 65.7 Å². The minimum absolute atomic E-state index is 0.0497. The summed E-state index contributed by atoms with van der Waals surface area (Å²) < 4.78 is 157. The van der Waals surface area contributed by atoms with E-state index in [1.54, 1.807) is 77.0 Å². The van der Waals surface area contributed by atoms with Crippen molar-refractivity contribution in [2.24, 2.45) is 0 Å². The van der Waals surface area contributed by atoms with Crippen LogP contribution >= 0.6 is 7.92 Å². The molecule has 2 aromatic rings. The molecule has 3 aliphatic carbocycles. The molecule has 5 rings (SSSR count).